The van der Waals surface area contributed by atoms with Crippen molar-refractivity contribution in [2.75, 3.05) is 7.11 Å². The molecular weight excluding hydrogens is 386 g/mol. The van der Waals surface area contributed by atoms with Crippen LogP contribution in [0.1, 0.15) is 29.1 Å². The van der Waals surface area contributed by atoms with Gasteiger partial charge in [0.25, 0.3) is 0 Å². The monoisotopic (exact) mass is 411 g/mol. The molecule has 0 aliphatic carbocycles. The van der Waals surface area contributed by atoms with E-state index in [0.29, 0.717) is 0 Å². The van der Waals surface area contributed by atoms with Crippen molar-refractivity contribution in [2.45, 2.75) is 25.7 Å². The smallest absolute Gasteiger partial charge is 0.128 e. The molecule has 0 saturated carbocycles. The third kappa shape index (κ3) is 3.89. The van der Waals surface area contributed by atoms with Crippen molar-refractivity contribution in [1.29, 1.82) is 0 Å². The number of nitrogens with zero attached hydrogens (tertiary/aromatic N) is 4. The Bertz CT molecular complexity index is 1350. The van der Waals surface area contributed by atoms with Gasteiger partial charge in [0.05, 0.1) is 24.5 Å². The van der Waals surface area contributed by atoms with Gasteiger partial charge in [0.15, 0.2) is 0 Å². The number of H-pyrrole nitrogens is 1. The first kappa shape index (κ1) is 19.3. The molecule has 0 spiro atoms. The maximum Gasteiger partial charge on any atom is 0.128 e. The molecule has 5 rings (SSSR count). The van der Waals surface area contributed by atoms with Crippen LogP contribution in [-0.2, 0) is 26.3 Å². The molecule has 31 heavy (non-hydrogen) atoms. The summed E-state index contributed by atoms with van der Waals surface area (Å²) in [7, 11) is 3.72. The van der Waals surface area contributed by atoms with Gasteiger partial charge in [-0.2, -0.15) is 0 Å². The maximum atomic E-state index is 5.37. The van der Waals surface area contributed by atoms with Crippen LogP contribution < -0.4 is 4.74 Å². The van der Waals surface area contributed by atoms with Gasteiger partial charge < -0.3 is 14.3 Å². The number of ether oxygens (including phenoxy) is 1. The van der Waals surface area contributed by atoms with E-state index in [2.05, 4.69) is 51.5 Å². The molecule has 6 nitrogen and oxygen atoms in total. The zero-order valence-corrected chi connectivity index (χ0v) is 17.8. The molecule has 2 aromatic carbocycles. The first-order valence-corrected chi connectivity index (χ1v) is 10.5. The molecule has 0 radical (unpaired) electrons. The minimum atomic E-state index is 0.756. The number of hydrogen-bond acceptors (Lipinski definition) is 4. The molecule has 0 atom stereocenters. The largest absolute Gasteiger partial charge is 0.497 e. The number of aromatic nitrogens is 5. The highest BCUT2D eigenvalue weighted by molar-refractivity contribution is 5.84. The molecule has 5 aromatic rings. The van der Waals surface area contributed by atoms with Crippen LogP contribution in [0.3, 0.4) is 0 Å². The van der Waals surface area contributed by atoms with E-state index in [1.165, 1.54) is 16.5 Å². The maximum absolute atomic E-state index is 5.37. The van der Waals surface area contributed by atoms with Gasteiger partial charge in [0.2, 0.25) is 0 Å². The lowest BCUT2D eigenvalue weighted by Crippen LogP contribution is -2.01. The fourth-order valence-corrected chi connectivity index (χ4v) is 4.14. The van der Waals surface area contributed by atoms with E-state index < -0.39 is 0 Å². The van der Waals surface area contributed by atoms with E-state index in [4.69, 9.17) is 9.72 Å². The average molecular weight is 412 g/mol. The van der Waals surface area contributed by atoms with Gasteiger partial charge in [-0.3, -0.25) is 0 Å². The van der Waals surface area contributed by atoms with Gasteiger partial charge in [-0.15, -0.1) is 0 Å². The van der Waals surface area contributed by atoms with Crippen molar-refractivity contribution in [3.8, 4) is 5.75 Å². The zero-order valence-electron chi connectivity index (χ0n) is 17.8. The number of fused-ring (bicyclic) bond motifs is 2. The number of hydrogen-bond donors (Lipinski definition) is 1. The molecule has 0 fully saturated rings. The van der Waals surface area contributed by atoms with E-state index in [-0.39, 0.29) is 0 Å². The topological polar surface area (TPSA) is 68.6 Å². The van der Waals surface area contributed by atoms with E-state index in [0.717, 1.165) is 59.5 Å². The minimum Gasteiger partial charge on any atom is -0.497 e. The van der Waals surface area contributed by atoms with Crippen molar-refractivity contribution < 1.29 is 4.74 Å². The number of rotatable bonds is 7. The number of para-hydroxylation sites is 1. The summed E-state index contributed by atoms with van der Waals surface area (Å²) in [4.78, 5) is 17.2. The van der Waals surface area contributed by atoms with Crippen LogP contribution in [0.4, 0.5) is 0 Å². The van der Waals surface area contributed by atoms with Crippen molar-refractivity contribution in [3.63, 3.8) is 0 Å². The normalized spacial score (nSPS) is 11.4. The lowest BCUT2D eigenvalue weighted by atomic mass is 10.1. The summed E-state index contributed by atoms with van der Waals surface area (Å²) in [6.45, 7) is 0. The van der Waals surface area contributed by atoms with Crippen LogP contribution in [-0.4, -0.2) is 31.6 Å². The molecule has 0 unspecified atom stereocenters. The number of aryl methyl sites for hydroxylation is 3. The standard InChI is InChI=1S/C25H25N5O/c1-30-16-28-25-17(5-3-7-23(25)30)13-19-11-12-26-24(29-19)8-4-6-18-15-27-22-10-9-20(31-2)14-21(18)22/h3,5,7,9-12,14-16,27H,4,6,8,13H2,1-2H3. The zero-order chi connectivity index (χ0) is 21.2. The minimum absolute atomic E-state index is 0.756. The molecule has 0 saturated heterocycles. The lowest BCUT2D eigenvalue weighted by Gasteiger charge is -2.06. The molecule has 3 heterocycles. The highest BCUT2D eigenvalue weighted by Crippen LogP contribution is 2.25. The van der Waals surface area contributed by atoms with Gasteiger partial charge in [0, 0.05) is 48.9 Å². The molecule has 6 heteroatoms. The Kier molecular flexibility index (Phi) is 5.12. The molecular formula is C25H25N5O. The lowest BCUT2D eigenvalue weighted by molar-refractivity contribution is 0.415. The van der Waals surface area contributed by atoms with Crippen molar-refractivity contribution >= 4 is 21.9 Å². The van der Waals surface area contributed by atoms with Crippen LogP contribution in [0, 0.1) is 0 Å². The van der Waals surface area contributed by atoms with Gasteiger partial charge >= 0.3 is 0 Å². The summed E-state index contributed by atoms with van der Waals surface area (Å²) in [6, 6.07) is 14.4. The summed E-state index contributed by atoms with van der Waals surface area (Å²) in [5.74, 6) is 1.77. The first-order valence-electron chi connectivity index (χ1n) is 10.5. The third-order valence-corrected chi connectivity index (χ3v) is 5.79. The van der Waals surface area contributed by atoms with Crippen LogP contribution in [0.15, 0.2) is 61.2 Å². The van der Waals surface area contributed by atoms with E-state index in [1.54, 1.807) is 7.11 Å². The Morgan fingerprint density at radius 1 is 1.03 bits per heavy atom. The van der Waals surface area contributed by atoms with Crippen LogP contribution in [0.5, 0.6) is 5.75 Å². The second kappa shape index (κ2) is 8.22. The van der Waals surface area contributed by atoms with Crippen molar-refractivity contribution in [2.24, 2.45) is 7.05 Å². The van der Waals surface area contributed by atoms with Gasteiger partial charge in [0.1, 0.15) is 11.6 Å². The SMILES string of the molecule is COc1ccc2[nH]cc(CCCc3nccc(Cc4cccc5c4ncn5C)n3)c2c1. The summed E-state index contributed by atoms with van der Waals surface area (Å²) >= 11 is 0. The highest BCUT2D eigenvalue weighted by Gasteiger charge is 2.09. The fourth-order valence-electron chi connectivity index (χ4n) is 4.14. The summed E-state index contributed by atoms with van der Waals surface area (Å²) in [5, 5.41) is 1.22. The molecule has 0 bridgehead atoms. The number of aromatic amines is 1. The third-order valence-electron chi connectivity index (χ3n) is 5.79. The number of benzene rings is 2. The number of nitrogens with one attached hydrogen (secondary N) is 1. The van der Waals surface area contributed by atoms with E-state index in [1.807, 2.05) is 36.3 Å². The molecule has 0 aliphatic heterocycles. The number of methoxy groups -OCH3 is 1. The Balaban J connectivity index is 1.28. The highest BCUT2D eigenvalue weighted by atomic mass is 16.5. The van der Waals surface area contributed by atoms with Crippen LogP contribution in [0.25, 0.3) is 21.9 Å². The van der Waals surface area contributed by atoms with Crippen molar-refractivity contribution in [1.82, 2.24) is 24.5 Å². The molecule has 0 amide bonds. The average Bonchev–Trinajstić information content (AvgIpc) is 3.38. The predicted molar refractivity (Wildman–Crippen MR) is 122 cm³/mol. The molecule has 0 aliphatic rings. The first-order chi connectivity index (χ1) is 15.2. The van der Waals surface area contributed by atoms with Gasteiger partial charge in [-0.25, -0.2) is 15.0 Å². The van der Waals surface area contributed by atoms with Gasteiger partial charge in [-0.05, 0) is 54.3 Å². The molecule has 3 aromatic heterocycles. The Morgan fingerprint density at radius 3 is 2.87 bits per heavy atom. The number of imidazole rings is 1. The fraction of sp³-hybridized carbons (Fsp3) is 0.240. The Labute approximate surface area is 180 Å². The molecule has 156 valence electrons. The summed E-state index contributed by atoms with van der Waals surface area (Å²) in [6.07, 6.45) is 9.38. The quantitative estimate of drug-likeness (QED) is 0.424. The Morgan fingerprint density at radius 2 is 1.97 bits per heavy atom. The van der Waals surface area contributed by atoms with Gasteiger partial charge in [-0.1, -0.05) is 12.1 Å². The van der Waals surface area contributed by atoms with Crippen LogP contribution in [0.2, 0.25) is 0 Å². The van der Waals surface area contributed by atoms with E-state index >= 15 is 0 Å². The van der Waals surface area contributed by atoms with E-state index in [9.17, 15) is 0 Å². The second-order valence-electron chi connectivity index (χ2n) is 7.86. The second-order valence-corrected chi connectivity index (χ2v) is 7.86. The Hall–Kier alpha value is -3.67. The van der Waals surface area contributed by atoms with Crippen molar-refractivity contribution in [3.05, 3.63) is 83.8 Å². The summed E-state index contributed by atoms with van der Waals surface area (Å²) < 4.78 is 7.42. The predicted octanol–water partition coefficient (Wildman–Crippen LogP) is 4.62. The molecule has 1 N–H and O–H groups in total. The summed E-state index contributed by atoms with van der Waals surface area (Å²) in [5.41, 5.74) is 6.84. The van der Waals surface area contributed by atoms with Crippen LogP contribution >= 0.6 is 0 Å².